The third kappa shape index (κ3) is 4.93. The fourth-order valence-electron chi connectivity index (χ4n) is 1.78. The van der Waals surface area contributed by atoms with Crippen molar-refractivity contribution < 1.29 is 14.6 Å². The second kappa shape index (κ2) is 7.45. The van der Waals surface area contributed by atoms with E-state index >= 15 is 0 Å². The smallest absolute Gasteiger partial charge is 0.117 e. The van der Waals surface area contributed by atoms with Crippen molar-refractivity contribution in [3.05, 3.63) is 59.7 Å². The molecule has 3 N–H and O–H groups in total. The van der Waals surface area contributed by atoms with Crippen molar-refractivity contribution in [2.75, 3.05) is 18.5 Å². The largest absolute Gasteiger partial charge is 0.508 e. The number of halogens is 1. The maximum Gasteiger partial charge on any atom is 0.117 e. The number of aromatic hydroxyl groups is 1. The number of nitrogens with one attached hydrogen (secondary N) is 1. The third-order valence-corrected chi connectivity index (χ3v) is 2.99. The van der Waals surface area contributed by atoms with Gasteiger partial charge in [0.25, 0.3) is 0 Å². The normalized spacial score (nSPS) is 12.5. The molecule has 1 atom stereocenters. The van der Waals surface area contributed by atoms with Gasteiger partial charge in [-0.25, -0.2) is 4.39 Å². The van der Waals surface area contributed by atoms with Crippen LogP contribution in [0.15, 0.2) is 48.5 Å². The Kier molecular flexibility index (Phi) is 5.35. The van der Waals surface area contributed by atoms with Crippen molar-refractivity contribution in [2.24, 2.45) is 0 Å². The van der Waals surface area contributed by atoms with Gasteiger partial charge in [-0.15, -0.1) is 0 Å². The van der Waals surface area contributed by atoms with Crippen LogP contribution in [-0.4, -0.2) is 29.5 Å². The zero-order valence-corrected chi connectivity index (χ0v) is 11.5. The van der Waals surface area contributed by atoms with E-state index in [9.17, 15) is 9.50 Å². The number of anilines is 1. The highest BCUT2D eigenvalue weighted by Crippen LogP contribution is 2.14. The van der Waals surface area contributed by atoms with E-state index in [-0.39, 0.29) is 12.3 Å². The summed E-state index contributed by atoms with van der Waals surface area (Å²) in [6.07, 6.45) is 2.94. The minimum Gasteiger partial charge on any atom is -0.508 e. The van der Waals surface area contributed by atoms with Crippen LogP contribution in [0.4, 0.5) is 10.1 Å². The summed E-state index contributed by atoms with van der Waals surface area (Å²) in [5, 5.41) is 21.3. The first kappa shape index (κ1) is 15.1. The SMILES string of the molecule is Oc1ccc(/C=C/c2ccc(NCC(O)CF)cc2)cc1. The molecule has 4 heteroatoms. The highest BCUT2D eigenvalue weighted by Gasteiger charge is 2.01. The van der Waals surface area contributed by atoms with Crippen LogP contribution in [-0.2, 0) is 0 Å². The Morgan fingerprint density at radius 2 is 1.48 bits per heavy atom. The maximum absolute atomic E-state index is 12.1. The lowest BCUT2D eigenvalue weighted by atomic mass is 10.1. The fourth-order valence-corrected chi connectivity index (χ4v) is 1.78. The van der Waals surface area contributed by atoms with Crippen LogP contribution in [0.1, 0.15) is 11.1 Å². The molecule has 0 aromatic heterocycles. The van der Waals surface area contributed by atoms with Gasteiger partial charge in [0.05, 0.1) is 6.10 Å². The molecule has 110 valence electrons. The molecule has 2 rings (SSSR count). The quantitative estimate of drug-likeness (QED) is 0.714. The van der Waals surface area contributed by atoms with E-state index in [1.807, 2.05) is 48.6 Å². The molecule has 21 heavy (non-hydrogen) atoms. The second-order valence-corrected chi connectivity index (χ2v) is 4.74. The number of aliphatic hydroxyl groups excluding tert-OH is 1. The number of phenols is 1. The van der Waals surface area contributed by atoms with Gasteiger partial charge in [0.15, 0.2) is 0 Å². The number of benzene rings is 2. The highest BCUT2D eigenvalue weighted by molar-refractivity contribution is 5.70. The van der Waals surface area contributed by atoms with Crippen LogP contribution in [0, 0.1) is 0 Å². The lowest BCUT2D eigenvalue weighted by molar-refractivity contribution is 0.151. The number of hydrogen-bond acceptors (Lipinski definition) is 3. The van der Waals surface area contributed by atoms with E-state index in [0.717, 1.165) is 16.8 Å². The molecule has 0 aliphatic heterocycles. The Hall–Kier alpha value is -2.33. The number of phenolic OH excluding ortho intramolecular Hbond substituents is 1. The molecule has 0 spiro atoms. The molecular formula is C17H18FNO2. The summed E-state index contributed by atoms with van der Waals surface area (Å²) >= 11 is 0. The molecule has 0 amide bonds. The predicted molar refractivity (Wildman–Crippen MR) is 83.9 cm³/mol. The number of aliphatic hydroxyl groups is 1. The molecular weight excluding hydrogens is 269 g/mol. The molecule has 0 fully saturated rings. The van der Waals surface area contributed by atoms with Gasteiger partial charge in [-0.05, 0) is 35.4 Å². The van der Waals surface area contributed by atoms with E-state index in [0.29, 0.717) is 0 Å². The molecule has 0 saturated heterocycles. The van der Waals surface area contributed by atoms with Crippen molar-refractivity contribution >= 4 is 17.8 Å². The van der Waals surface area contributed by atoms with Crippen LogP contribution in [0.25, 0.3) is 12.2 Å². The van der Waals surface area contributed by atoms with Gasteiger partial charge in [0.1, 0.15) is 12.4 Å². The van der Waals surface area contributed by atoms with Crippen LogP contribution in [0.5, 0.6) is 5.75 Å². The highest BCUT2D eigenvalue weighted by atomic mass is 19.1. The standard InChI is InChI=1S/C17H18FNO2/c18-11-17(21)12-19-15-7-3-13(4-8-15)1-2-14-5-9-16(20)10-6-14/h1-10,17,19-21H,11-12H2/b2-1+. The zero-order chi connectivity index (χ0) is 15.1. The van der Waals surface area contributed by atoms with Gasteiger partial charge in [0.2, 0.25) is 0 Å². The first-order chi connectivity index (χ1) is 10.2. The van der Waals surface area contributed by atoms with Crippen molar-refractivity contribution in [3.8, 4) is 5.75 Å². The lowest BCUT2D eigenvalue weighted by Crippen LogP contribution is -2.21. The van der Waals surface area contributed by atoms with Crippen molar-refractivity contribution in [3.63, 3.8) is 0 Å². The Bertz CT molecular complexity index is 579. The molecule has 1 unspecified atom stereocenters. The molecule has 0 radical (unpaired) electrons. The average molecular weight is 287 g/mol. The summed E-state index contributed by atoms with van der Waals surface area (Å²) in [5.41, 5.74) is 2.87. The first-order valence-corrected chi connectivity index (χ1v) is 6.72. The summed E-state index contributed by atoms with van der Waals surface area (Å²) in [4.78, 5) is 0. The molecule has 2 aromatic rings. The lowest BCUT2D eigenvalue weighted by Gasteiger charge is -2.09. The number of hydrogen-bond donors (Lipinski definition) is 3. The molecule has 0 saturated carbocycles. The summed E-state index contributed by atoms with van der Waals surface area (Å²) < 4.78 is 12.1. The first-order valence-electron chi connectivity index (χ1n) is 6.72. The van der Waals surface area contributed by atoms with E-state index in [1.165, 1.54) is 0 Å². The van der Waals surface area contributed by atoms with E-state index in [2.05, 4.69) is 5.32 Å². The maximum atomic E-state index is 12.1. The summed E-state index contributed by atoms with van der Waals surface area (Å²) in [6, 6.07) is 14.6. The van der Waals surface area contributed by atoms with Crippen LogP contribution >= 0.6 is 0 Å². The third-order valence-electron chi connectivity index (χ3n) is 2.99. The molecule has 2 aromatic carbocycles. The van der Waals surface area contributed by atoms with Gasteiger partial charge in [0, 0.05) is 12.2 Å². The minimum atomic E-state index is -0.973. The number of alkyl halides is 1. The zero-order valence-electron chi connectivity index (χ0n) is 11.5. The summed E-state index contributed by atoms with van der Waals surface area (Å²) in [7, 11) is 0. The number of rotatable bonds is 6. The van der Waals surface area contributed by atoms with Crippen LogP contribution < -0.4 is 5.32 Å². The average Bonchev–Trinajstić information content (AvgIpc) is 2.53. The second-order valence-electron chi connectivity index (χ2n) is 4.74. The van der Waals surface area contributed by atoms with Gasteiger partial charge >= 0.3 is 0 Å². The molecule has 0 heterocycles. The van der Waals surface area contributed by atoms with Gasteiger partial charge < -0.3 is 15.5 Å². The van der Waals surface area contributed by atoms with Crippen molar-refractivity contribution in [2.45, 2.75) is 6.10 Å². The fraction of sp³-hybridized carbons (Fsp3) is 0.176. The monoisotopic (exact) mass is 287 g/mol. The summed E-state index contributed by atoms with van der Waals surface area (Å²) in [6.45, 7) is -0.556. The molecule has 0 aliphatic carbocycles. The van der Waals surface area contributed by atoms with E-state index in [4.69, 9.17) is 5.11 Å². The molecule has 0 bridgehead atoms. The van der Waals surface area contributed by atoms with Crippen molar-refractivity contribution in [1.82, 2.24) is 0 Å². The van der Waals surface area contributed by atoms with E-state index in [1.54, 1.807) is 12.1 Å². The van der Waals surface area contributed by atoms with Crippen LogP contribution in [0.2, 0.25) is 0 Å². The Morgan fingerprint density at radius 1 is 0.952 bits per heavy atom. The Labute approximate surface area is 123 Å². The minimum absolute atomic E-state index is 0.194. The molecule has 0 aliphatic rings. The summed E-state index contributed by atoms with van der Waals surface area (Å²) in [5.74, 6) is 0.248. The Morgan fingerprint density at radius 3 is 2.00 bits per heavy atom. The van der Waals surface area contributed by atoms with Crippen LogP contribution in [0.3, 0.4) is 0 Å². The van der Waals surface area contributed by atoms with Gasteiger partial charge in [-0.3, -0.25) is 0 Å². The van der Waals surface area contributed by atoms with Gasteiger partial charge in [-0.1, -0.05) is 36.4 Å². The van der Waals surface area contributed by atoms with E-state index < -0.39 is 12.8 Å². The predicted octanol–water partition coefficient (Wildman–Crippen LogP) is 3.30. The Balaban J connectivity index is 1.94. The topological polar surface area (TPSA) is 52.5 Å². The van der Waals surface area contributed by atoms with Crippen molar-refractivity contribution in [1.29, 1.82) is 0 Å². The molecule has 3 nitrogen and oxygen atoms in total. The van der Waals surface area contributed by atoms with Gasteiger partial charge in [-0.2, -0.15) is 0 Å².